The molecule has 0 aliphatic rings. The third-order valence-electron chi connectivity index (χ3n) is 3.37. The van der Waals surface area contributed by atoms with E-state index in [0.717, 1.165) is 5.69 Å². The summed E-state index contributed by atoms with van der Waals surface area (Å²) in [4.78, 5) is 8.27. The minimum Gasteiger partial charge on any atom is -0.264 e. The van der Waals surface area contributed by atoms with Crippen LogP contribution in [-0.4, -0.2) is 9.97 Å². The second kappa shape index (κ2) is 7.78. The fourth-order valence-corrected chi connectivity index (χ4v) is 2.19. The molecule has 2 heterocycles. The Labute approximate surface area is 123 Å². The van der Waals surface area contributed by atoms with Gasteiger partial charge in [-0.25, -0.2) is 0 Å². The summed E-state index contributed by atoms with van der Waals surface area (Å²) in [6.45, 7) is 12.9. The van der Waals surface area contributed by atoms with E-state index in [1.54, 1.807) is 0 Å². The van der Waals surface area contributed by atoms with Gasteiger partial charge < -0.3 is 0 Å². The summed E-state index contributed by atoms with van der Waals surface area (Å²) in [5.41, 5.74) is 5.19. The molecule has 2 nitrogen and oxygen atoms in total. The average molecular weight is 270 g/mol. The van der Waals surface area contributed by atoms with Crippen LogP contribution in [0.5, 0.6) is 0 Å². The molecule has 0 saturated carbocycles. The second-order valence-corrected chi connectivity index (χ2v) is 5.72. The molecule has 0 aliphatic heterocycles. The summed E-state index contributed by atoms with van der Waals surface area (Å²) in [5.74, 6) is 1.18. The summed E-state index contributed by atoms with van der Waals surface area (Å²) >= 11 is 0. The number of aromatic nitrogens is 2. The highest BCUT2D eigenvalue weighted by molar-refractivity contribution is 5.24. The Morgan fingerprint density at radius 3 is 1.90 bits per heavy atom. The summed E-state index contributed by atoms with van der Waals surface area (Å²) in [5, 5.41) is 0. The van der Waals surface area contributed by atoms with Crippen molar-refractivity contribution in [2.45, 2.75) is 53.4 Å². The van der Waals surface area contributed by atoms with Crippen LogP contribution in [0.3, 0.4) is 0 Å². The first-order valence-corrected chi connectivity index (χ1v) is 7.25. The number of pyridine rings is 2. The van der Waals surface area contributed by atoms with E-state index in [1.165, 1.54) is 16.7 Å². The predicted molar refractivity (Wildman–Crippen MR) is 86.1 cm³/mol. The zero-order chi connectivity index (χ0) is 15.1. The lowest BCUT2D eigenvalue weighted by molar-refractivity contribution is 0.843. The molecule has 0 fully saturated rings. The van der Waals surface area contributed by atoms with E-state index in [1.807, 2.05) is 24.7 Å². The summed E-state index contributed by atoms with van der Waals surface area (Å²) in [6.07, 6.45) is 5.61. The molecule has 0 N–H and O–H groups in total. The normalized spacial score (nSPS) is 10.4. The highest BCUT2D eigenvalue weighted by Gasteiger charge is 2.01. The highest BCUT2D eigenvalue weighted by Crippen LogP contribution is 2.16. The molecule has 2 aromatic rings. The summed E-state index contributed by atoms with van der Waals surface area (Å²) in [6, 6.07) is 6.17. The quantitative estimate of drug-likeness (QED) is 0.765. The molecule has 20 heavy (non-hydrogen) atoms. The molecule has 0 spiro atoms. The molecule has 2 heteroatoms. The number of rotatable bonds is 2. The molecule has 0 amide bonds. The SMILES string of the molecule is Cc1ccncc1C(C)C.Cc1ncccc1C(C)C. The van der Waals surface area contributed by atoms with Gasteiger partial charge in [0.15, 0.2) is 0 Å². The van der Waals surface area contributed by atoms with E-state index < -0.39 is 0 Å². The van der Waals surface area contributed by atoms with Crippen molar-refractivity contribution in [1.29, 1.82) is 0 Å². The average Bonchev–Trinajstić information content (AvgIpc) is 2.40. The van der Waals surface area contributed by atoms with Gasteiger partial charge in [0.2, 0.25) is 0 Å². The van der Waals surface area contributed by atoms with Crippen LogP contribution in [0.1, 0.15) is 61.9 Å². The van der Waals surface area contributed by atoms with Crippen LogP contribution < -0.4 is 0 Å². The maximum Gasteiger partial charge on any atom is 0.0407 e. The van der Waals surface area contributed by atoms with Crippen molar-refractivity contribution in [3.8, 4) is 0 Å². The molecular weight excluding hydrogens is 244 g/mol. The Bertz CT molecular complexity index is 481. The third kappa shape index (κ3) is 4.76. The largest absolute Gasteiger partial charge is 0.264 e. The van der Waals surface area contributed by atoms with E-state index >= 15 is 0 Å². The summed E-state index contributed by atoms with van der Waals surface area (Å²) in [7, 11) is 0. The molecule has 0 saturated heterocycles. The molecule has 0 bridgehead atoms. The standard InChI is InChI=1S/2C9H13N/c1-7(2)9-6-10-5-4-8(9)3;1-7(2)9-5-4-6-10-8(9)3/h2*4-7H,1-3H3. The maximum absolute atomic E-state index is 4.20. The van der Waals surface area contributed by atoms with Crippen molar-refractivity contribution >= 4 is 0 Å². The molecule has 0 unspecified atom stereocenters. The zero-order valence-corrected chi connectivity index (χ0v) is 13.5. The number of hydrogen-bond acceptors (Lipinski definition) is 2. The first-order chi connectivity index (χ1) is 9.43. The lowest BCUT2D eigenvalue weighted by Crippen LogP contribution is -1.92. The molecule has 0 atom stereocenters. The monoisotopic (exact) mass is 270 g/mol. The van der Waals surface area contributed by atoms with Crippen molar-refractivity contribution < 1.29 is 0 Å². The van der Waals surface area contributed by atoms with Gasteiger partial charge in [-0.3, -0.25) is 9.97 Å². The van der Waals surface area contributed by atoms with E-state index in [9.17, 15) is 0 Å². The Morgan fingerprint density at radius 2 is 1.50 bits per heavy atom. The Balaban J connectivity index is 0.000000200. The van der Waals surface area contributed by atoms with Crippen LogP contribution in [0.2, 0.25) is 0 Å². The van der Waals surface area contributed by atoms with Crippen molar-refractivity contribution in [2.24, 2.45) is 0 Å². The number of aryl methyl sites for hydroxylation is 2. The smallest absolute Gasteiger partial charge is 0.0407 e. The first kappa shape index (κ1) is 16.4. The van der Waals surface area contributed by atoms with Gasteiger partial charge in [-0.2, -0.15) is 0 Å². The highest BCUT2D eigenvalue weighted by atomic mass is 14.7. The fraction of sp³-hybridized carbons (Fsp3) is 0.444. The molecule has 0 radical (unpaired) electrons. The van der Waals surface area contributed by atoms with Crippen LogP contribution in [-0.2, 0) is 0 Å². The van der Waals surface area contributed by atoms with Gasteiger partial charge in [0.05, 0.1) is 0 Å². The number of hydrogen-bond donors (Lipinski definition) is 0. The van der Waals surface area contributed by atoms with Crippen molar-refractivity contribution in [3.05, 3.63) is 59.2 Å². The van der Waals surface area contributed by atoms with Crippen LogP contribution in [0, 0.1) is 13.8 Å². The first-order valence-electron chi connectivity index (χ1n) is 7.25. The van der Waals surface area contributed by atoms with E-state index in [0.29, 0.717) is 11.8 Å². The molecule has 2 aromatic heterocycles. The Hall–Kier alpha value is -1.70. The lowest BCUT2D eigenvalue weighted by atomic mass is 10.0. The molecule has 108 valence electrons. The lowest BCUT2D eigenvalue weighted by Gasteiger charge is -2.06. The minimum absolute atomic E-state index is 0.591. The van der Waals surface area contributed by atoms with Gasteiger partial charge >= 0.3 is 0 Å². The third-order valence-corrected chi connectivity index (χ3v) is 3.37. The van der Waals surface area contributed by atoms with Gasteiger partial charge in [-0.15, -0.1) is 0 Å². The van der Waals surface area contributed by atoms with Gasteiger partial charge in [-0.1, -0.05) is 33.8 Å². The fourth-order valence-electron chi connectivity index (χ4n) is 2.19. The molecule has 2 rings (SSSR count). The minimum atomic E-state index is 0.591. The van der Waals surface area contributed by atoms with Gasteiger partial charge in [-0.05, 0) is 54.5 Å². The van der Waals surface area contributed by atoms with Gasteiger partial charge in [0.1, 0.15) is 0 Å². The van der Waals surface area contributed by atoms with Gasteiger partial charge in [0, 0.05) is 24.3 Å². The van der Waals surface area contributed by atoms with Crippen LogP contribution in [0.4, 0.5) is 0 Å². The second-order valence-electron chi connectivity index (χ2n) is 5.72. The maximum atomic E-state index is 4.20. The molecule has 0 aromatic carbocycles. The zero-order valence-electron chi connectivity index (χ0n) is 13.5. The van der Waals surface area contributed by atoms with E-state index in [-0.39, 0.29) is 0 Å². The molecule has 0 aliphatic carbocycles. The number of nitrogens with zero attached hydrogens (tertiary/aromatic N) is 2. The predicted octanol–water partition coefficient (Wildman–Crippen LogP) is 5.03. The Kier molecular flexibility index (Phi) is 6.37. The van der Waals surface area contributed by atoms with Crippen LogP contribution in [0.15, 0.2) is 36.8 Å². The molecular formula is C18H26N2. The summed E-state index contributed by atoms with van der Waals surface area (Å²) < 4.78 is 0. The van der Waals surface area contributed by atoms with Crippen LogP contribution in [0.25, 0.3) is 0 Å². The van der Waals surface area contributed by atoms with Crippen molar-refractivity contribution in [1.82, 2.24) is 9.97 Å². The van der Waals surface area contributed by atoms with Crippen molar-refractivity contribution in [2.75, 3.05) is 0 Å². The van der Waals surface area contributed by atoms with Crippen LogP contribution >= 0.6 is 0 Å². The van der Waals surface area contributed by atoms with E-state index in [4.69, 9.17) is 0 Å². The van der Waals surface area contributed by atoms with Crippen molar-refractivity contribution in [3.63, 3.8) is 0 Å². The van der Waals surface area contributed by atoms with E-state index in [2.05, 4.69) is 63.6 Å². The Morgan fingerprint density at radius 1 is 0.850 bits per heavy atom. The van der Waals surface area contributed by atoms with Gasteiger partial charge in [0.25, 0.3) is 0 Å². The topological polar surface area (TPSA) is 25.8 Å².